The van der Waals surface area contributed by atoms with Crippen molar-refractivity contribution in [1.82, 2.24) is 19.9 Å². The van der Waals surface area contributed by atoms with Gasteiger partial charge in [-0.1, -0.05) is 17.7 Å². The van der Waals surface area contributed by atoms with Crippen LogP contribution in [0.3, 0.4) is 0 Å². The van der Waals surface area contributed by atoms with E-state index in [1.807, 2.05) is 6.07 Å². The highest BCUT2D eigenvalue weighted by molar-refractivity contribution is 6.41. The Hall–Kier alpha value is -3.72. The van der Waals surface area contributed by atoms with E-state index >= 15 is 0 Å². The molecule has 1 amide bonds. The van der Waals surface area contributed by atoms with Gasteiger partial charge in [0.25, 0.3) is 5.91 Å². The number of nitrogens with two attached hydrogens (primary N) is 1. The van der Waals surface area contributed by atoms with Gasteiger partial charge in [0, 0.05) is 18.1 Å². The van der Waals surface area contributed by atoms with E-state index in [1.165, 1.54) is 11.1 Å². The fourth-order valence-corrected chi connectivity index (χ4v) is 3.45. The predicted octanol–water partition coefficient (Wildman–Crippen LogP) is 2.53. The molecule has 1 aliphatic heterocycles. The number of fused-ring (bicyclic) bond motifs is 1. The minimum absolute atomic E-state index is 0.0401. The Bertz CT molecular complexity index is 1170. The SMILES string of the molecule is Cc1c(C(=O)O)c[nH]c1C=C1C(=O)N(Cc2ccccn2)c2nc(N)nc(Cl)c21. The molecule has 10 heteroatoms. The number of carbonyl (C=O) groups is 2. The summed E-state index contributed by atoms with van der Waals surface area (Å²) in [6.45, 7) is 1.82. The molecule has 0 bridgehead atoms. The van der Waals surface area contributed by atoms with E-state index in [2.05, 4.69) is 19.9 Å². The van der Waals surface area contributed by atoms with Crippen molar-refractivity contribution in [3.8, 4) is 0 Å². The molecule has 4 N–H and O–H groups in total. The molecule has 4 heterocycles. The van der Waals surface area contributed by atoms with Crippen molar-refractivity contribution < 1.29 is 14.7 Å². The van der Waals surface area contributed by atoms with Crippen LogP contribution in [0.25, 0.3) is 11.6 Å². The lowest BCUT2D eigenvalue weighted by Gasteiger charge is -2.15. The lowest BCUT2D eigenvalue weighted by atomic mass is 10.1. The molecule has 0 saturated carbocycles. The Morgan fingerprint density at radius 2 is 2.17 bits per heavy atom. The van der Waals surface area contributed by atoms with Gasteiger partial charge in [-0.15, -0.1) is 0 Å². The number of nitrogens with one attached hydrogen (secondary N) is 1. The van der Waals surface area contributed by atoms with E-state index in [0.29, 0.717) is 22.5 Å². The molecule has 0 saturated heterocycles. The Labute approximate surface area is 169 Å². The molecule has 0 fully saturated rings. The Morgan fingerprint density at radius 3 is 2.83 bits per heavy atom. The van der Waals surface area contributed by atoms with E-state index in [4.69, 9.17) is 17.3 Å². The smallest absolute Gasteiger partial charge is 0.337 e. The van der Waals surface area contributed by atoms with Crippen molar-refractivity contribution in [2.24, 2.45) is 0 Å². The molecule has 146 valence electrons. The molecule has 0 spiro atoms. The lowest BCUT2D eigenvalue weighted by Crippen LogP contribution is -2.27. The van der Waals surface area contributed by atoms with Gasteiger partial charge in [-0.25, -0.2) is 9.78 Å². The number of hydrogen-bond donors (Lipinski definition) is 3. The van der Waals surface area contributed by atoms with Crippen LogP contribution in [0.4, 0.5) is 11.8 Å². The number of anilines is 2. The summed E-state index contributed by atoms with van der Waals surface area (Å²) in [5.74, 6) is -1.20. The highest BCUT2D eigenvalue weighted by Crippen LogP contribution is 2.41. The molecule has 0 aliphatic carbocycles. The zero-order chi connectivity index (χ0) is 20.7. The molecule has 0 aromatic carbocycles. The van der Waals surface area contributed by atoms with Crippen LogP contribution in [0.2, 0.25) is 5.15 Å². The first-order chi connectivity index (χ1) is 13.9. The second-order valence-electron chi connectivity index (χ2n) is 6.39. The second-order valence-corrected chi connectivity index (χ2v) is 6.75. The van der Waals surface area contributed by atoms with Crippen LogP contribution in [-0.2, 0) is 11.3 Å². The van der Waals surface area contributed by atoms with Gasteiger partial charge in [0.15, 0.2) is 5.82 Å². The van der Waals surface area contributed by atoms with E-state index in [9.17, 15) is 14.7 Å². The summed E-state index contributed by atoms with van der Waals surface area (Å²) in [6.07, 6.45) is 4.55. The number of aromatic amines is 1. The molecule has 3 aromatic rings. The Morgan fingerprint density at radius 1 is 1.38 bits per heavy atom. The average molecular weight is 411 g/mol. The molecule has 3 aromatic heterocycles. The minimum Gasteiger partial charge on any atom is -0.478 e. The summed E-state index contributed by atoms with van der Waals surface area (Å²) in [5.41, 5.74) is 8.07. The summed E-state index contributed by atoms with van der Waals surface area (Å²) >= 11 is 6.29. The van der Waals surface area contributed by atoms with Crippen molar-refractivity contribution >= 4 is 46.9 Å². The number of aromatic nitrogens is 4. The molecular formula is C19H15ClN6O3. The minimum atomic E-state index is -1.06. The maximum atomic E-state index is 13.2. The first-order valence-corrected chi connectivity index (χ1v) is 8.92. The van der Waals surface area contributed by atoms with E-state index in [1.54, 1.807) is 31.3 Å². The molecule has 29 heavy (non-hydrogen) atoms. The normalized spacial score (nSPS) is 14.5. The van der Waals surface area contributed by atoms with Crippen molar-refractivity contribution in [2.75, 3.05) is 10.6 Å². The number of pyridine rings is 1. The van der Waals surface area contributed by atoms with Gasteiger partial charge in [0.2, 0.25) is 5.95 Å². The van der Waals surface area contributed by atoms with Gasteiger partial charge in [-0.05, 0) is 30.7 Å². The largest absolute Gasteiger partial charge is 0.478 e. The van der Waals surface area contributed by atoms with Gasteiger partial charge in [0.1, 0.15) is 5.15 Å². The van der Waals surface area contributed by atoms with Gasteiger partial charge in [-0.3, -0.25) is 14.7 Å². The summed E-state index contributed by atoms with van der Waals surface area (Å²) in [4.78, 5) is 41.2. The highest BCUT2D eigenvalue weighted by atomic mass is 35.5. The molecule has 9 nitrogen and oxygen atoms in total. The van der Waals surface area contributed by atoms with Crippen molar-refractivity contribution in [3.05, 3.63) is 63.8 Å². The second kappa shape index (κ2) is 7.02. The lowest BCUT2D eigenvalue weighted by molar-refractivity contribution is -0.113. The van der Waals surface area contributed by atoms with Crippen LogP contribution in [-0.4, -0.2) is 36.9 Å². The number of carboxylic acids is 1. The monoisotopic (exact) mass is 410 g/mol. The third kappa shape index (κ3) is 3.21. The standard InChI is InChI=1S/C19H15ClN6O3/c1-9-12(18(28)29)7-23-13(9)6-11-14-15(20)24-19(21)25-16(14)26(17(11)27)8-10-4-2-3-5-22-10/h2-7,23H,8H2,1H3,(H,28,29)(H2,21,24,25). The number of carbonyl (C=O) groups excluding carboxylic acids is 1. The number of H-pyrrole nitrogens is 1. The van der Waals surface area contributed by atoms with Crippen LogP contribution in [0.5, 0.6) is 0 Å². The van der Waals surface area contributed by atoms with Crippen LogP contribution >= 0.6 is 11.6 Å². The molecular weight excluding hydrogens is 396 g/mol. The predicted molar refractivity (Wildman–Crippen MR) is 107 cm³/mol. The third-order valence-electron chi connectivity index (χ3n) is 4.61. The van der Waals surface area contributed by atoms with Gasteiger partial charge in [-0.2, -0.15) is 4.98 Å². The highest BCUT2D eigenvalue weighted by Gasteiger charge is 2.37. The number of hydrogen-bond acceptors (Lipinski definition) is 6. The number of carboxylic acid groups (broad SMARTS) is 1. The number of nitrogens with zero attached hydrogens (tertiary/aromatic N) is 4. The first kappa shape index (κ1) is 18.6. The van der Waals surface area contributed by atoms with Gasteiger partial charge in [0.05, 0.1) is 28.9 Å². The van der Waals surface area contributed by atoms with Gasteiger partial charge < -0.3 is 15.8 Å². The van der Waals surface area contributed by atoms with Crippen LogP contribution in [0.1, 0.15) is 32.9 Å². The van der Waals surface area contributed by atoms with Crippen LogP contribution in [0, 0.1) is 6.92 Å². The van der Waals surface area contributed by atoms with E-state index in [0.717, 1.165) is 0 Å². The quantitative estimate of drug-likeness (QED) is 0.443. The third-order valence-corrected chi connectivity index (χ3v) is 4.88. The fraction of sp³-hybridized carbons (Fsp3) is 0.105. The molecule has 0 atom stereocenters. The number of halogens is 1. The van der Waals surface area contributed by atoms with Crippen LogP contribution < -0.4 is 10.6 Å². The van der Waals surface area contributed by atoms with Crippen molar-refractivity contribution in [3.63, 3.8) is 0 Å². The summed E-state index contributed by atoms with van der Waals surface area (Å²) in [7, 11) is 0. The van der Waals surface area contributed by atoms with Gasteiger partial charge >= 0.3 is 5.97 Å². The zero-order valence-corrected chi connectivity index (χ0v) is 15.9. The molecule has 0 unspecified atom stereocenters. The average Bonchev–Trinajstić information content (AvgIpc) is 3.16. The zero-order valence-electron chi connectivity index (χ0n) is 15.2. The van der Waals surface area contributed by atoms with E-state index in [-0.39, 0.29) is 40.5 Å². The first-order valence-electron chi connectivity index (χ1n) is 8.55. The van der Waals surface area contributed by atoms with Crippen molar-refractivity contribution in [1.29, 1.82) is 0 Å². The number of aromatic carboxylic acids is 1. The summed E-state index contributed by atoms with van der Waals surface area (Å²) in [5, 5.41) is 9.29. The number of rotatable bonds is 4. The fourth-order valence-electron chi connectivity index (χ4n) is 3.18. The van der Waals surface area contributed by atoms with Crippen molar-refractivity contribution in [2.45, 2.75) is 13.5 Å². The molecule has 1 aliphatic rings. The Kier molecular flexibility index (Phi) is 4.51. The van der Waals surface area contributed by atoms with Crippen LogP contribution in [0.15, 0.2) is 30.6 Å². The Balaban J connectivity index is 1.84. The molecule has 4 rings (SSSR count). The topological polar surface area (TPSA) is 138 Å². The number of amides is 1. The maximum Gasteiger partial charge on any atom is 0.337 e. The molecule has 0 radical (unpaired) electrons. The number of nitrogen functional groups attached to an aromatic ring is 1. The van der Waals surface area contributed by atoms with E-state index < -0.39 is 5.97 Å². The summed E-state index contributed by atoms with van der Waals surface area (Å²) in [6, 6.07) is 5.38. The summed E-state index contributed by atoms with van der Waals surface area (Å²) < 4.78 is 0. The maximum absolute atomic E-state index is 13.2.